The molecule has 3 unspecified atom stereocenters. The number of aliphatic imine (C=N–C) groups is 1. The van der Waals surface area contributed by atoms with E-state index in [1.165, 1.54) is 4.88 Å². The number of guanidine groups is 1. The lowest BCUT2D eigenvalue weighted by molar-refractivity contribution is -0.106. The highest BCUT2D eigenvalue weighted by molar-refractivity contribution is 7.11. The van der Waals surface area contributed by atoms with Crippen LogP contribution in [0.15, 0.2) is 4.99 Å². The average Bonchev–Trinajstić information content (AvgIpc) is 3.05. The van der Waals surface area contributed by atoms with Crippen molar-refractivity contribution in [3.63, 3.8) is 0 Å². The Kier molecular flexibility index (Phi) is 4.16. The Bertz CT molecular complexity index is 561. The van der Waals surface area contributed by atoms with Gasteiger partial charge in [-0.2, -0.15) is 0 Å². The summed E-state index contributed by atoms with van der Waals surface area (Å²) in [7, 11) is 1.82. The maximum atomic E-state index is 5.85. The van der Waals surface area contributed by atoms with Gasteiger partial charge in [0.1, 0.15) is 5.01 Å². The number of hydrogen-bond acceptors (Lipinski definition) is 4. The number of aromatic nitrogens is 1. The average molecular weight is 322 g/mol. The quantitative estimate of drug-likeness (QED) is 0.662. The second kappa shape index (κ2) is 5.81. The van der Waals surface area contributed by atoms with Crippen LogP contribution in [0.3, 0.4) is 0 Å². The highest BCUT2D eigenvalue weighted by atomic mass is 32.1. The van der Waals surface area contributed by atoms with Crippen LogP contribution in [-0.2, 0) is 11.3 Å². The number of nitrogens with zero attached hydrogens (tertiary/aromatic N) is 2. The molecule has 3 rings (SSSR count). The largest absolute Gasteiger partial charge is 0.377 e. The molecule has 1 aromatic heterocycles. The van der Waals surface area contributed by atoms with Crippen molar-refractivity contribution >= 4 is 17.3 Å². The molecule has 1 aromatic rings. The van der Waals surface area contributed by atoms with Crippen molar-refractivity contribution in [3.05, 3.63) is 15.6 Å². The Labute approximate surface area is 136 Å². The smallest absolute Gasteiger partial charge is 0.191 e. The fourth-order valence-electron chi connectivity index (χ4n) is 3.73. The van der Waals surface area contributed by atoms with Crippen LogP contribution in [0, 0.1) is 25.2 Å². The van der Waals surface area contributed by atoms with Crippen molar-refractivity contribution < 1.29 is 4.74 Å². The highest BCUT2D eigenvalue weighted by Crippen LogP contribution is 2.52. The summed E-state index contributed by atoms with van der Waals surface area (Å²) in [5.41, 5.74) is 1.28. The van der Waals surface area contributed by atoms with Gasteiger partial charge in [-0.05, 0) is 20.3 Å². The molecular formula is C16H26N4OS. The molecule has 2 heterocycles. The van der Waals surface area contributed by atoms with E-state index in [1.54, 1.807) is 11.3 Å². The third kappa shape index (κ3) is 2.63. The van der Waals surface area contributed by atoms with E-state index >= 15 is 0 Å². The number of nitrogens with one attached hydrogen (secondary N) is 2. The standard InChI is InChI=1S/C16H26N4OS/c1-9-10(2)22-12(19-9)8-18-15(17-5)20-13-11-6-7-21-14(11)16(13,3)4/h11,13-14H,6-8H2,1-5H3,(H2,17,18,20). The van der Waals surface area contributed by atoms with E-state index in [0.717, 1.165) is 36.2 Å². The highest BCUT2D eigenvalue weighted by Gasteiger charge is 2.59. The van der Waals surface area contributed by atoms with Crippen molar-refractivity contribution in [1.29, 1.82) is 0 Å². The minimum Gasteiger partial charge on any atom is -0.377 e. The molecule has 2 aliphatic rings. The zero-order valence-electron chi connectivity index (χ0n) is 14.1. The Hall–Kier alpha value is -1.14. The van der Waals surface area contributed by atoms with Crippen molar-refractivity contribution in [2.45, 2.75) is 52.8 Å². The number of hydrogen-bond donors (Lipinski definition) is 2. The van der Waals surface area contributed by atoms with Crippen LogP contribution in [-0.4, -0.2) is 36.7 Å². The molecular weight excluding hydrogens is 296 g/mol. The van der Waals surface area contributed by atoms with Gasteiger partial charge in [-0.1, -0.05) is 13.8 Å². The molecule has 2 fully saturated rings. The van der Waals surface area contributed by atoms with Crippen LogP contribution in [0.5, 0.6) is 0 Å². The second-order valence-corrected chi connectivity index (χ2v) is 8.15. The molecule has 5 nitrogen and oxygen atoms in total. The summed E-state index contributed by atoms with van der Waals surface area (Å²) in [6.45, 7) is 10.3. The molecule has 3 atom stereocenters. The molecule has 1 saturated carbocycles. The summed E-state index contributed by atoms with van der Waals surface area (Å²) < 4.78 is 5.85. The SMILES string of the molecule is CN=C(NCc1nc(C)c(C)s1)NC1C2CCOC2C1(C)C. The first kappa shape index (κ1) is 15.7. The molecule has 1 aliphatic heterocycles. The molecule has 1 saturated heterocycles. The van der Waals surface area contributed by atoms with Gasteiger partial charge in [-0.15, -0.1) is 11.3 Å². The van der Waals surface area contributed by atoms with E-state index in [9.17, 15) is 0 Å². The zero-order chi connectivity index (χ0) is 15.9. The number of ether oxygens (including phenoxy) is 1. The van der Waals surface area contributed by atoms with Crippen molar-refractivity contribution in [1.82, 2.24) is 15.6 Å². The van der Waals surface area contributed by atoms with Gasteiger partial charge < -0.3 is 15.4 Å². The fourth-order valence-corrected chi connectivity index (χ4v) is 4.61. The monoisotopic (exact) mass is 322 g/mol. The summed E-state index contributed by atoms with van der Waals surface area (Å²) in [4.78, 5) is 10.2. The van der Waals surface area contributed by atoms with Crippen molar-refractivity contribution in [2.75, 3.05) is 13.7 Å². The third-order valence-electron chi connectivity index (χ3n) is 5.10. The topological polar surface area (TPSA) is 58.5 Å². The summed E-state index contributed by atoms with van der Waals surface area (Å²) in [5.74, 6) is 1.46. The molecule has 0 spiro atoms. The Morgan fingerprint density at radius 2 is 2.23 bits per heavy atom. The van der Waals surface area contributed by atoms with Gasteiger partial charge in [0.25, 0.3) is 0 Å². The molecule has 22 heavy (non-hydrogen) atoms. The van der Waals surface area contributed by atoms with Crippen LogP contribution >= 0.6 is 11.3 Å². The van der Waals surface area contributed by atoms with Crippen LogP contribution in [0.1, 0.15) is 35.8 Å². The lowest BCUT2D eigenvalue weighted by Crippen LogP contribution is -2.67. The molecule has 122 valence electrons. The number of thiazole rings is 1. The van der Waals surface area contributed by atoms with Gasteiger partial charge >= 0.3 is 0 Å². The second-order valence-electron chi connectivity index (χ2n) is 6.86. The fraction of sp³-hybridized carbons (Fsp3) is 0.750. The number of aryl methyl sites for hydroxylation is 2. The van der Waals surface area contributed by atoms with Crippen molar-refractivity contribution in [2.24, 2.45) is 16.3 Å². The van der Waals surface area contributed by atoms with E-state index in [-0.39, 0.29) is 5.41 Å². The number of fused-ring (bicyclic) bond motifs is 1. The Morgan fingerprint density at radius 3 is 2.86 bits per heavy atom. The van der Waals surface area contributed by atoms with Crippen molar-refractivity contribution in [3.8, 4) is 0 Å². The first-order valence-corrected chi connectivity index (χ1v) is 8.77. The predicted molar refractivity (Wildman–Crippen MR) is 90.3 cm³/mol. The van der Waals surface area contributed by atoms with E-state index in [1.807, 2.05) is 7.05 Å². The molecule has 0 radical (unpaired) electrons. The zero-order valence-corrected chi connectivity index (χ0v) is 14.9. The molecule has 1 aliphatic carbocycles. The van der Waals surface area contributed by atoms with Crippen LogP contribution in [0.25, 0.3) is 0 Å². The van der Waals surface area contributed by atoms with E-state index in [4.69, 9.17) is 4.74 Å². The minimum atomic E-state index is 0.160. The lowest BCUT2D eigenvalue weighted by Gasteiger charge is -2.54. The lowest BCUT2D eigenvalue weighted by atomic mass is 9.57. The molecule has 6 heteroatoms. The van der Waals surface area contributed by atoms with E-state index in [0.29, 0.717) is 18.1 Å². The van der Waals surface area contributed by atoms with Gasteiger partial charge in [-0.3, -0.25) is 4.99 Å². The van der Waals surface area contributed by atoms with E-state index < -0.39 is 0 Å². The first-order valence-electron chi connectivity index (χ1n) is 7.95. The van der Waals surface area contributed by atoms with Gasteiger partial charge in [0.2, 0.25) is 0 Å². The Morgan fingerprint density at radius 1 is 1.45 bits per heavy atom. The molecule has 0 bridgehead atoms. The van der Waals surface area contributed by atoms with Gasteiger partial charge in [0, 0.05) is 35.9 Å². The third-order valence-corrected chi connectivity index (χ3v) is 6.17. The summed E-state index contributed by atoms with van der Waals surface area (Å²) >= 11 is 1.74. The maximum absolute atomic E-state index is 5.85. The van der Waals surface area contributed by atoms with Gasteiger partial charge in [0.15, 0.2) is 5.96 Å². The summed E-state index contributed by atoms with van der Waals surface area (Å²) in [5, 5.41) is 8.09. The predicted octanol–water partition coefficient (Wildman–Crippen LogP) is 2.24. The molecule has 2 N–H and O–H groups in total. The summed E-state index contributed by atoms with van der Waals surface area (Å²) in [6.07, 6.45) is 1.54. The van der Waals surface area contributed by atoms with Gasteiger partial charge in [0.05, 0.1) is 18.3 Å². The minimum absolute atomic E-state index is 0.160. The normalized spacial score (nSPS) is 29.9. The summed E-state index contributed by atoms with van der Waals surface area (Å²) in [6, 6.07) is 0.422. The van der Waals surface area contributed by atoms with Crippen LogP contribution in [0.2, 0.25) is 0 Å². The van der Waals surface area contributed by atoms with Gasteiger partial charge in [-0.25, -0.2) is 4.98 Å². The first-order chi connectivity index (χ1) is 10.4. The molecule has 0 amide bonds. The van der Waals surface area contributed by atoms with Crippen LogP contribution < -0.4 is 10.6 Å². The molecule has 0 aromatic carbocycles. The maximum Gasteiger partial charge on any atom is 0.191 e. The van der Waals surface area contributed by atoms with E-state index in [2.05, 4.69) is 48.3 Å². The Balaban J connectivity index is 1.58. The number of rotatable bonds is 3. The van der Waals surface area contributed by atoms with Crippen LogP contribution in [0.4, 0.5) is 0 Å².